The Balaban J connectivity index is 2.30. The van der Waals surface area contributed by atoms with E-state index in [2.05, 4.69) is 24.6 Å². The molecule has 1 heteroatoms. The molecule has 0 aliphatic heterocycles. The summed E-state index contributed by atoms with van der Waals surface area (Å²) < 4.78 is 0. The zero-order valence-electron chi connectivity index (χ0n) is 9.51. The van der Waals surface area contributed by atoms with E-state index in [9.17, 15) is 0 Å². The summed E-state index contributed by atoms with van der Waals surface area (Å²) in [5.74, 6) is 0. The average molecular weight is 210 g/mol. The lowest BCUT2D eigenvalue weighted by Gasteiger charge is -2.02. The molecule has 1 rings (SSSR count). The molecule has 80 valence electrons. The highest BCUT2D eigenvalue weighted by Crippen LogP contribution is 2.19. The van der Waals surface area contributed by atoms with Crippen LogP contribution in [-0.2, 0) is 12.8 Å². The third-order valence-electron chi connectivity index (χ3n) is 2.65. The quantitative estimate of drug-likeness (QED) is 0.566. The second kappa shape index (κ2) is 7.05. The standard InChI is InChI=1S/C13H22S/c1-3-5-6-7-9-13-11-14-10-12(13)8-4-2/h10-11H,3-9H2,1-2H3. The van der Waals surface area contributed by atoms with Crippen molar-refractivity contribution in [1.29, 1.82) is 0 Å². The Kier molecular flexibility index (Phi) is 5.93. The summed E-state index contributed by atoms with van der Waals surface area (Å²) in [4.78, 5) is 0. The molecule has 0 saturated carbocycles. The van der Waals surface area contributed by atoms with Crippen LogP contribution in [-0.4, -0.2) is 0 Å². The summed E-state index contributed by atoms with van der Waals surface area (Å²) in [6, 6.07) is 0. The van der Waals surface area contributed by atoms with Gasteiger partial charge in [0.25, 0.3) is 0 Å². The number of thiophene rings is 1. The van der Waals surface area contributed by atoms with Gasteiger partial charge in [-0.05, 0) is 41.1 Å². The number of hydrogen-bond acceptors (Lipinski definition) is 1. The van der Waals surface area contributed by atoms with Crippen molar-refractivity contribution in [3.63, 3.8) is 0 Å². The van der Waals surface area contributed by atoms with Crippen LogP contribution in [0.2, 0.25) is 0 Å². The van der Waals surface area contributed by atoms with E-state index < -0.39 is 0 Å². The second-order valence-electron chi connectivity index (χ2n) is 3.98. The first-order valence-corrected chi connectivity index (χ1v) is 6.86. The third kappa shape index (κ3) is 3.83. The fourth-order valence-corrected chi connectivity index (χ4v) is 2.74. The molecule has 0 atom stereocenters. The molecule has 0 amide bonds. The zero-order valence-corrected chi connectivity index (χ0v) is 10.3. The van der Waals surface area contributed by atoms with E-state index in [0.717, 1.165) is 0 Å². The molecule has 0 fully saturated rings. The van der Waals surface area contributed by atoms with Crippen LogP contribution < -0.4 is 0 Å². The molecule has 0 spiro atoms. The molecule has 0 aliphatic rings. The van der Waals surface area contributed by atoms with Crippen molar-refractivity contribution in [2.75, 3.05) is 0 Å². The maximum atomic E-state index is 2.34. The smallest absolute Gasteiger partial charge is 0.00584 e. The molecule has 1 aromatic heterocycles. The first-order valence-electron chi connectivity index (χ1n) is 5.92. The SMILES string of the molecule is CCCCCCc1cscc1CCC. The Morgan fingerprint density at radius 3 is 2.21 bits per heavy atom. The average Bonchev–Trinajstić information content (AvgIpc) is 2.61. The normalized spacial score (nSPS) is 10.7. The van der Waals surface area contributed by atoms with Gasteiger partial charge in [0.2, 0.25) is 0 Å². The van der Waals surface area contributed by atoms with Gasteiger partial charge in [0.05, 0.1) is 0 Å². The molecule has 0 saturated heterocycles. The molecule has 0 N–H and O–H groups in total. The van der Waals surface area contributed by atoms with Crippen LogP contribution in [0.5, 0.6) is 0 Å². The number of hydrogen-bond donors (Lipinski definition) is 0. The van der Waals surface area contributed by atoms with Gasteiger partial charge >= 0.3 is 0 Å². The summed E-state index contributed by atoms with van der Waals surface area (Å²) in [5, 5.41) is 4.68. The summed E-state index contributed by atoms with van der Waals surface area (Å²) in [7, 11) is 0. The third-order valence-corrected chi connectivity index (χ3v) is 3.49. The van der Waals surface area contributed by atoms with Gasteiger partial charge in [-0.2, -0.15) is 11.3 Å². The van der Waals surface area contributed by atoms with E-state index in [-0.39, 0.29) is 0 Å². The minimum absolute atomic E-state index is 1.27. The van der Waals surface area contributed by atoms with E-state index in [1.54, 1.807) is 11.1 Å². The summed E-state index contributed by atoms with van der Waals surface area (Å²) >= 11 is 1.87. The van der Waals surface area contributed by atoms with E-state index in [1.165, 1.54) is 44.9 Å². The van der Waals surface area contributed by atoms with Crippen molar-refractivity contribution in [1.82, 2.24) is 0 Å². The molecule has 14 heavy (non-hydrogen) atoms. The van der Waals surface area contributed by atoms with E-state index in [4.69, 9.17) is 0 Å². The lowest BCUT2D eigenvalue weighted by Crippen LogP contribution is -1.89. The Labute approximate surface area is 92.4 Å². The molecule has 0 unspecified atom stereocenters. The highest BCUT2D eigenvalue weighted by Gasteiger charge is 2.02. The predicted octanol–water partition coefficient (Wildman–Crippen LogP) is 4.82. The van der Waals surface area contributed by atoms with Crippen molar-refractivity contribution < 1.29 is 0 Å². The van der Waals surface area contributed by atoms with Crippen LogP contribution in [0.4, 0.5) is 0 Å². The van der Waals surface area contributed by atoms with Crippen LogP contribution in [0.25, 0.3) is 0 Å². The lowest BCUT2D eigenvalue weighted by molar-refractivity contribution is 0.665. The van der Waals surface area contributed by atoms with Crippen LogP contribution in [0.3, 0.4) is 0 Å². The Morgan fingerprint density at radius 2 is 1.57 bits per heavy atom. The zero-order chi connectivity index (χ0) is 10.2. The Bertz CT molecular complexity index is 237. The monoisotopic (exact) mass is 210 g/mol. The van der Waals surface area contributed by atoms with Crippen molar-refractivity contribution in [3.8, 4) is 0 Å². The van der Waals surface area contributed by atoms with Gasteiger partial charge in [0.15, 0.2) is 0 Å². The summed E-state index contributed by atoms with van der Waals surface area (Å²) in [5.41, 5.74) is 3.22. The van der Waals surface area contributed by atoms with Gasteiger partial charge in [-0.3, -0.25) is 0 Å². The van der Waals surface area contributed by atoms with Gasteiger partial charge in [0.1, 0.15) is 0 Å². The van der Waals surface area contributed by atoms with Crippen molar-refractivity contribution in [3.05, 3.63) is 21.9 Å². The van der Waals surface area contributed by atoms with Crippen molar-refractivity contribution in [2.45, 2.75) is 58.8 Å². The second-order valence-corrected chi connectivity index (χ2v) is 4.73. The summed E-state index contributed by atoms with van der Waals surface area (Å²) in [6.45, 7) is 4.53. The topological polar surface area (TPSA) is 0 Å². The molecule has 0 bridgehead atoms. The molecule has 0 nitrogen and oxygen atoms in total. The number of rotatable bonds is 7. The molecular weight excluding hydrogens is 188 g/mol. The minimum Gasteiger partial charge on any atom is -0.152 e. The van der Waals surface area contributed by atoms with Gasteiger partial charge in [0, 0.05) is 0 Å². The molecule has 1 heterocycles. The van der Waals surface area contributed by atoms with Gasteiger partial charge < -0.3 is 0 Å². The van der Waals surface area contributed by atoms with Gasteiger partial charge in [-0.1, -0.05) is 39.5 Å². The Morgan fingerprint density at radius 1 is 0.857 bits per heavy atom. The Hall–Kier alpha value is -0.300. The maximum Gasteiger partial charge on any atom is -0.00584 e. The highest BCUT2D eigenvalue weighted by molar-refractivity contribution is 7.08. The maximum absolute atomic E-state index is 2.34. The lowest BCUT2D eigenvalue weighted by atomic mass is 10.0. The first kappa shape index (κ1) is 11.8. The van der Waals surface area contributed by atoms with Gasteiger partial charge in [-0.25, -0.2) is 0 Å². The van der Waals surface area contributed by atoms with Crippen molar-refractivity contribution in [2.24, 2.45) is 0 Å². The van der Waals surface area contributed by atoms with Crippen molar-refractivity contribution >= 4 is 11.3 Å². The van der Waals surface area contributed by atoms with E-state index in [0.29, 0.717) is 0 Å². The van der Waals surface area contributed by atoms with Crippen LogP contribution >= 0.6 is 11.3 Å². The minimum atomic E-state index is 1.27. The van der Waals surface area contributed by atoms with Crippen LogP contribution in [0.15, 0.2) is 10.8 Å². The highest BCUT2D eigenvalue weighted by atomic mass is 32.1. The molecule has 0 aliphatic carbocycles. The molecule has 0 radical (unpaired) electrons. The fraction of sp³-hybridized carbons (Fsp3) is 0.692. The number of unbranched alkanes of at least 4 members (excludes halogenated alkanes) is 3. The van der Waals surface area contributed by atoms with Crippen LogP contribution in [0, 0.1) is 0 Å². The van der Waals surface area contributed by atoms with Gasteiger partial charge in [-0.15, -0.1) is 0 Å². The largest absolute Gasteiger partial charge is 0.152 e. The summed E-state index contributed by atoms with van der Waals surface area (Å²) in [6.07, 6.45) is 9.36. The van der Waals surface area contributed by atoms with E-state index in [1.807, 2.05) is 11.3 Å². The predicted molar refractivity (Wildman–Crippen MR) is 66.2 cm³/mol. The number of aryl methyl sites for hydroxylation is 2. The molecular formula is C13H22S. The van der Waals surface area contributed by atoms with E-state index >= 15 is 0 Å². The fourth-order valence-electron chi connectivity index (χ4n) is 1.80. The first-order chi connectivity index (χ1) is 6.88. The molecule has 0 aromatic carbocycles. The van der Waals surface area contributed by atoms with Crippen LogP contribution in [0.1, 0.15) is 57.1 Å². The molecule has 1 aromatic rings.